The van der Waals surface area contributed by atoms with Gasteiger partial charge in [0, 0.05) is 0 Å². The molecule has 0 saturated carbocycles. The summed E-state index contributed by atoms with van der Waals surface area (Å²) in [5, 5.41) is 0. The molecule has 0 saturated heterocycles. The summed E-state index contributed by atoms with van der Waals surface area (Å²) < 4.78 is -0.818. The molecule has 0 aliphatic carbocycles. The van der Waals surface area contributed by atoms with Gasteiger partial charge in [0.25, 0.3) is 0 Å². The Morgan fingerprint density at radius 2 is 2.00 bits per heavy atom. The third-order valence-corrected chi connectivity index (χ3v) is 2.69. The van der Waals surface area contributed by atoms with E-state index in [9.17, 15) is 0 Å². The van der Waals surface area contributed by atoms with Crippen molar-refractivity contribution >= 4 is 23.2 Å². The van der Waals surface area contributed by atoms with Gasteiger partial charge < -0.3 is 6.15 Å². The molecular weight excluding hydrogens is 229 g/mol. The second-order valence-electron chi connectivity index (χ2n) is 3.47. The Hall–Kier alpha value is -0.500. The number of benzene rings is 1. The Labute approximate surface area is 102 Å². The van der Waals surface area contributed by atoms with Crippen molar-refractivity contribution in [3.8, 4) is 0 Å². The van der Waals surface area contributed by atoms with E-state index < -0.39 is 4.33 Å². The van der Waals surface area contributed by atoms with Crippen molar-refractivity contribution in [2.45, 2.75) is 24.6 Å². The molecule has 1 aromatic rings. The van der Waals surface area contributed by atoms with E-state index in [1.807, 2.05) is 25.1 Å². The number of hydrogen-bond acceptors (Lipinski definition) is 1. The van der Waals surface area contributed by atoms with E-state index in [1.165, 1.54) is 5.56 Å². The molecule has 1 rings (SSSR count). The summed E-state index contributed by atoms with van der Waals surface area (Å²) >= 11 is 12.2. The summed E-state index contributed by atoms with van der Waals surface area (Å²) in [4.78, 5) is 0. The molecule has 0 aliphatic rings. The average molecular weight is 246 g/mol. The summed E-state index contributed by atoms with van der Waals surface area (Å²) in [6.07, 6.45) is 2.73. The molecule has 1 aromatic carbocycles. The van der Waals surface area contributed by atoms with Crippen molar-refractivity contribution in [3.05, 3.63) is 47.5 Å². The van der Waals surface area contributed by atoms with Gasteiger partial charge in [0.05, 0.1) is 0 Å². The standard InChI is InChI=1S/C12H14Cl2.H3N/c1-4-6-10-7-5-8-11(9(10)2)12(3,13)14;/h4-5,7-8H,1,6H2,2-3H3;1H3. The molecule has 84 valence electrons. The molecule has 15 heavy (non-hydrogen) atoms. The summed E-state index contributed by atoms with van der Waals surface area (Å²) in [5.74, 6) is 0. The van der Waals surface area contributed by atoms with Gasteiger partial charge in [0.1, 0.15) is 4.33 Å². The zero-order valence-corrected chi connectivity index (χ0v) is 10.7. The first-order valence-electron chi connectivity index (χ1n) is 4.54. The zero-order valence-electron chi connectivity index (χ0n) is 9.19. The molecule has 0 atom stereocenters. The fourth-order valence-electron chi connectivity index (χ4n) is 1.54. The topological polar surface area (TPSA) is 35.0 Å². The first-order valence-corrected chi connectivity index (χ1v) is 5.30. The maximum absolute atomic E-state index is 6.08. The quantitative estimate of drug-likeness (QED) is 0.616. The Morgan fingerprint density at radius 1 is 1.40 bits per heavy atom. The van der Waals surface area contributed by atoms with Gasteiger partial charge >= 0.3 is 0 Å². The summed E-state index contributed by atoms with van der Waals surface area (Å²) in [6, 6.07) is 6.01. The van der Waals surface area contributed by atoms with Crippen molar-refractivity contribution in [1.82, 2.24) is 6.15 Å². The van der Waals surface area contributed by atoms with Crippen LogP contribution in [0.25, 0.3) is 0 Å². The molecule has 0 heterocycles. The summed E-state index contributed by atoms with van der Waals surface area (Å²) in [7, 11) is 0. The predicted molar refractivity (Wildman–Crippen MR) is 69.2 cm³/mol. The van der Waals surface area contributed by atoms with E-state index in [0.717, 1.165) is 17.5 Å². The second kappa shape index (κ2) is 5.55. The lowest BCUT2D eigenvalue weighted by atomic mass is 9.98. The Bertz CT molecular complexity index is 340. The highest BCUT2D eigenvalue weighted by Gasteiger charge is 2.22. The maximum Gasteiger partial charge on any atom is 0.140 e. The minimum atomic E-state index is -0.818. The molecule has 3 N–H and O–H groups in total. The van der Waals surface area contributed by atoms with Crippen molar-refractivity contribution < 1.29 is 0 Å². The number of rotatable bonds is 3. The lowest BCUT2D eigenvalue weighted by Crippen LogP contribution is -2.07. The van der Waals surface area contributed by atoms with E-state index in [-0.39, 0.29) is 6.15 Å². The van der Waals surface area contributed by atoms with Crippen LogP contribution in [0.2, 0.25) is 0 Å². The predicted octanol–water partition coefficient (Wildman–Crippen LogP) is 4.54. The van der Waals surface area contributed by atoms with Crippen LogP contribution in [0.3, 0.4) is 0 Å². The van der Waals surface area contributed by atoms with Gasteiger partial charge in [0.2, 0.25) is 0 Å². The second-order valence-corrected chi connectivity index (χ2v) is 5.18. The Balaban J connectivity index is 0.00000196. The Morgan fingerprint density at radius 3 is 2.47 bits per heavy atom. The molecule has 0 radical (unpaired) electrons. The van der Waals surface area contributed by atoms with Gasteiger partial charge in [-0.25, -0.2) is 0 Å². The number of allylic oxidation sites excluding steroid dienone is 1. The molecule has 1 nitrogen and oxygen atoms in total. The average Bonchev–Trinajstić information content (AvgIpc) is 2.07. The van der Waals surface area contributed by atoms with E-state index >= 15 is 0 Å². The molecular formula is C12H17Cl2N. The van der Waals surface area contributed by atoms with Crippen LogP contribution in [0.4, 0.5) is 0 Å². The lowest BCUT2D eigenvalue weighted by molar-refractivity contribution is 0.950. The monoisotopic (exact) mass is 245 g/mol. The van der Waals surface area contributed by atoms with Crippen LogP contribution < -0.4 is 6.15 Å². The van der Waals surface area contributed by atoms with Crippen molar-refractivity contribution in [3.63, 3.8) is 0 Å². The van der Waals surface area contributed by atoms with Crippen molar-refractivity contribution in [1.29, 1.82) is 0 Å². The molecule has 0 fully saturated rings. The highest BCUT2D eigenvalue weighted by molar-refractivity contribution is 6.47. The molecule has 0 amide bonds. The third kappa shape index (κ3) is 3.53. The zero-order chi connectivity index (χ0) is 10.8. The first kappa shape index (κ1) is 14.5. The molecule has 0 aliphatic heterocycles. The maximum atomic E-state index is 6.08. The normalized spacial score (nSPS) is 10.7. The van der Waals surface area contributed by atoms with Crippen LogP contribution in [0.5, 0.6) is 0 Å². The first-order chi connectivity index (χ1) is 6.46. The highest BCUT2D eigenvalue weighted by Crippen LogP contribution is 2.36. The largest absolute Gasteiger partial charge is 0.344 e. The van der Waals surface area contributed by atoms with Crippen LogP contribution in [0.15, 0.2) is 30.9 Å². The van der Waals surface area contributed by atoms with Crippen LogP contribution >= 0.6 is 23.2 Å². The third-order valence-electron chi connectivity index (χ3n) is 2.28. The van der Waals surface area contributed by atoms with Crippen LogP contribution in [-0.2, 0) is 10.8 Å². The molecule has 0 aromatic heterocycles. The summed E-state index contributed by atoms with van der Waals surface area (Å²) in [5.41, 5.74) is 3.35. The SMILES string of the molecule is C=CCc1cccc(C(C)(Cl)Cl)c1C.N. The van der Waals surface area contributed by atoms with E-state index in [4.69, 9.17) is 23.2 Å². The molecule has 0 bridgehead atoms. The number of hydrogen-bond donors (Lipinski definition) is 1. The number of halogens is 2. The fourth-order valence-corrected chi connectivity index (χ4v) is 1.95. The molecule has 0 spiro atoms. The molecule has 3 heteroatoms. The summed E-state index contributed by atoms with van der Waals surface area (Å²) in [6.45, 7) is 7.55. The minimum absolute atomic E-state index is 0. The van der Waals surface area contributed by atoms with Gasteiger partial charge in [-0.1, -0.05) is 47.5 Å². The van der Waals surface area contributed by atoms with Gasteiger partial charge in [-0.2, -0.15) is 0 Å². The van der Waals surface area contributed by atoms with Gasteiger partial charge in [-0.05, 0) is 37.0 Å². The number of alkyl halides is 2. The van der Waals surface area contributed by atoms with Gasteiger partial charge in [-0.15, -0.1) is 6.58 Å². The van der Waals surface area contributed by atoms with Crippen LogP contribution in [-0.4, -0.2) is 0 Å². The van der Waals surface area contributed by atoms with Gasteiger partial charge in [0.15, 0.2) is 0 Å². The van der Waals surface area contributed by atoms with Gasteiger partial charge in [-0.3, -0.25) is 0 Å². The highest BCUT2D eigenvalue weighted by atomic mass is 35.5. The molecule has 0 unspecified atom stereocenters. The Kier molecular flexibility index (Phi) is 5.36. The van der Waals surface area contributed by atoms with E-state index in [0.29, 0.717) is 0 Å². The lowest BCUT2D eigenvalue weighted by Gasteiger charge is -2.18. The van der Waals surface area contributed by atoms with Crippen molar-refractivity contribution in [2.24, 2.45) is 0 Å². The van der Waals surface area contributed by atoms with Crippen LogP contribution in [0, 0.1) is 6.92 Å². The van der Waals surface area contributed by atoms with E-state index in [2.05, 4.69) is 12.6 Å². The van der Waals surface area contributed by atoms with Crippen molar-refractivity contribution in [2.75, 3.05) is 0 Å². The smallest absolute Gasteiger partial charge is 0.140 e. The minimum Gasteiger partial charge on any atom is -0.344 e. The van der Waals surface area contributed by atoms with E-state index in [1.54, 1.807) is 6.92 Å². The fraction of sp³-hybridized carbons (Fsp3) is 0.333. The van der Waals surface area contributed by atoms with Crippen LogP contribution in [0.1, 0.15) is 23.6 Å².